The smallest absolute Gasteiger partial charge is 0.337 e. The first-order chi connectivity index (χ1) is 9.04. The van der Waals surface area contributed by atoms with Gasteiger partial charge < -0.3 is 21.5 Å². The minimum Gasteiger partial charge on any atom is -0.465 e. The van der Waals surface area contributed by atoms with E-state index in [0.29, 0.717) is 29.9 Å². The van der Waals surface area contributed by atoms with Gasteiger partial charge in [0.2, 0.25) is 5.91 Å². The number of nitrogens with one attached hydrogen (secondary N) is 1. The van der Waals surface area contributed by atoms with E-state index in [0.717, 1.165) is 12.8 Å². The molecule has 104 valence electrons. The Hall–Kier alpha value is -2.24. The molecular formula is C13H19N3O3. The summed E-state index contributed by atoms with van der Waals surface area (Å²) in [7, 11) is 1.33. The number of nitrogens with two attached hydrogens (primary N) is 2. The topological polar surface area (TPSA) is 107 Å². The van der Waals surface area contributed by atoms with Crippen molar-refractivity contribution >= 4 is 23.3 Å². The molecule has 0 heterocycles. The van der Waals surface area contributed by atoms with Crippen molar-refractivity contribution in [1.82, 2.24) is 0 Å². The van der Waals surface area contributed by atoms with Crippen LogP contribution in [0.5, 0.6) is 0 Å². The highest BCUT2D eigenvalue weighted by atomic mass is 16.5. The number of methoxy groups -OCH3 is 1. The first-order valence-electron chi connectivity index (χ1n) is 6.04. The predicted octanol–water partition coefficient (Wildman–Crippen LogP) is 1.12. The van der Waals surface area contributed by atoms with E-state index in [1.54, 1.807) is 18.2 Å². The number of unbranched alkanes of at least 4 members (excludes halogenated alkanes) is 1. The molecule has 0 fully saturated rings. The van der Waals surface area contributed by atoms with Gasteiger partial charge in [-0.15, -0.1) is 0 Å². The summed E-state index contributed by atoms with van der Waals surface area (Å²) in [5.74, 6) is -0.705. The standard InChI is InChI=1S/C13H19N3O3/c1-19-13(18)9-5-6-10(14)11(8-9)16-7-3-2-4-12(15)17/h5-6,8,16H,2-4,7,14H2,1H3,(H2,15,17). The molecule has 0 saturated heterocycles. The SMILES string of the molecule is COC(=O)c1ccc(N)c(NCCCCC(N)=O)c1. The first kappa shape index (κ1) is 14.8. The fourth-order valence-electron chi connectivity index (χ4n) is 1.60. The number of hydrogen-bond acceptors (Lipinski definition) is 5. The highest BCUT2D eigenvalue weighted by Gasteiger charge is 2.08. The second-order valence-electron chi connectivity index (χ2n) is 4.14. The molecule has 19 heavy (non-hydrogen) atoms. The van der Waals surface area contributed by atoms with E-state index in [1.807, 2.05) is 0 Å². The Morgan fingerprint density at radius 1 is 1.32 bits per heavy atom. The molecule has 0 bridgehead atoms. The lowest BCUT2D eigenvalue weighted by molar-refractivity contribution is -0.118. The molecule has 5 N–H and O–H groups in total. The highest BCUT2D eigenvalue weighted by Crippen LogP contribution is 2.20. The van der Waals surface area contributed by atoms with Crippen LogP contribution in [0.1, 0.15) is 29.6 Å². The molecule has 0 radical (unpaired) electrons. The molecule has 0 aliphatic rings. The number of amides is 1. The van der Waals surface area contributed by atoms with Gasteiger partial charge >= 0.3 is 5.97 Å². The van der Waals surface area contributed by atoms with Crippen LogP contribution in [0.4, 0.5) is 11.4 Å². The zero-order chi connectivity index (χ0) is 14.3. The van der Waals surface area contributed by atoms with E-state index >= 15 is 0 Å². The Balaban J connectivity index is 2.52. The minimum atomic E-state index is -0.406. The van der Waals surface area contributed by atoms with Crippen LogP contribution in [0.25, 0.3) is 0 Å². The predicted molar refractivity (Wildman–Crippen MR) is 73.7 cm³/mol. The highest BCUT2D eigenvalue weighted by molar-refractivity contribution is 5.91. The molecule has 1 rings (SSSR count). The maximum absolute atomic E-state index is 11.4. The number of hydrogen-bond donors (Lipinski definition) is 3. The van der Waals surface area contributed by atoms with Gasteiger partial charge in [-0.3, -0.25) is 4.79 Å². The van der Waals surface area contributed by atoms with Gasteiger partial charge in [-0.1, -0.05) is 0 Å². The molecule has 1 amide bonds. The van der Waals surface area contributed by atoms with Crippen molar-refractivity contribution in [2.24, 2.45) is 5.73 Å². The quantitative estimate of drug-likeness (QED) is 0.389. The zero-order valence-electron chi connectivity index (χ0n) is 10.9. The molecule has 1 aromatic rings. The van der Waals surface area contributed by atoms with E-state index in [4.69, 9.17) is 11.5 Å². The van der Waals surface area contributed by atoms with Crippen LogP contribution in [0.2, 0.25) is 0 Å². The van der Waals surface area contributed by atoms with Crippen LogP contribution in [0.15, 0.2) is 18.2 Å². The molecule has 0 aromatic heterocycles. The Morgan fingerprint density at radius 3 is 2.68 bits per heavy atom. The van der Waals surface area contributed by atoms with E-state index < -0.39 is 5.97 Å². The average molecular weight is 265 g/mol. The number of primary amides is 1. The van der Waals surface area contributed by atoms with Gasteiger partial charge in [0.05, 0.1) is 24.0 Å². The summed E-state index contributed by atoms with van der Waals surface area (Å²) in [6, 6.07) is 4.91. The van der Waals surface area contributed by atoms with Gasteiger partial charge in [-0.25, -0.2) is 4.79 Å². The molecule has 6 nitrogen and oxygen atoms in total. The molecule has 0 aliphatic carbocycles. The lowest BCUT2D eigenvalue weighted by atomic mass is 10.1. The Bertz CT molecular complexity index is 460. The van der Waals surface area contributed by atoms with Gasteiger partial charge in [-0.2, -0.15) is 0 Å². The normalized spacial score (nSPS) is 9.95. The molecule has 0 unspecified atom stereocenters. The van der Waals surface area contributed by atoms with Gasteiger partial charge in [0, 0.05) is 13.0 Å². The van der Waals surface area contributed by atoms with Gasteiger partial charge in [0.1, 0.15) is 0 Å². The third-order valence-corrected chi connectivity index (χ3v) is 2.64. The Morgan fingerprint density at radius 2 is 2.05 bits per heavy atom. The van der Waals surface area contributed by atoms with Crippen molar-refractivity contribution in [3.05, 3.63) is 23.8 Å². The third-order valence-electron chi connectivity index (χ3n) is 2.64. The maximum Gasteiger partial charge on any atom is 0.337 e. The second kappa shape index (κ2) is 7.25. The molecule has 0 aliphatic heterocycles. The number of carbonyl (C=O) groups is 2. The van der Waals surface area contributed by atoms with Gasteiger partial charge in [0.25, 0.3) is 0 Å². The zero-order valence-corrected chi connectivity index (χ0v) is 10.9. The van der Waals surface area contributed by atoms with Crippen LogP contribution >= 0.6 is 0 Å². The van der Waals surface area contributed by atoms with E-state index in [2.05, 4.69) is 10.1 Å². The van der Waals surface area contributed by atoms with Crippen molar-refractivity contribution in [2.75, 3.05) is 24.7 Å². The van der Waals surface area contributed by atoms with E-state index in [-0.39, 0.29) is 5.91 Å². The fourth-order valence-corrected chi connectivity index (χ4v) is 1.60. The number of anilines is 2. The van der Waals surface area contributed by atoms with Crippen molar-refractivity contribution in [3.63, 3.8) is 0 Å². The molecule has 0 spiro atoms. The summed E-state index contributed by atoms with van der Waals surface area (Å²) < 4.78 is 4.64. The third kappa shape index (κ3) is 4.87. The lowest BCUT2D eigenvalue weighted by Crippen LogP contribution is -2.11. The lowest BCUT2D eigenvalue weighted by Gasteiger charge is -2.10. The molecule has 0 saturated carbocycles. The van der Waals surface area contributed by atoms with Crippen LogP contribution in [0, 0.1) is 0 Å². The largest absolute Gasteiger partial charge is 0.465 e. The molecule has 1 aromatic carbocycles. The fraction of sp³-hybridized carbons (Fsp3) is 0.385. The van der Waals surface area contributed by atoms with Crippen molar-refractivity contribution < 1.29 is 14.3 Å². The minimum absolute atomic E-state index is 0.299. The number of benzene rings is 1. The molecular weight excluding hydrogens is 246 g/mol. The van der Waals surface area contributed by atoms with Crippen LogP contribution < -0.4 is 16.8 Å². The van der Waals surface area contributed by atoms with Crippen molar-refractivity contribution in [3.8, 4) is 0 Å². The van der Waals surface area contributed by atoms with Crippen LogP contribution in [-0.4, -0.2) is 25.5 Å². The number of nitrogen functional groups attached to an aromatic ring is 1. The van der Waals surface area contributed by atoms with E-state index in [1.165, 1.54) is 7.11 Å². The monoisotopic (exact) mass is 265 g/mol. The number of esters is 1. The summed E-state index contributed by atoms with van der Waals surface area (Å²) >= 11 is 0. The summed E-state index contributed by atoms with van der Waals surface area (Å²) in [6.45, 7) is 0.655. The van der Waals surface area contributed by atoms with Gasteiger partial charge in [-0.05, 0) is 31.0 Å². The Labute approximate surface area is 112 Å². The number of rotatable bonds is 7. The molecule has 6 heteroatoms. The summed E-state index contributed by atoms with van der Waals surface area (Å²) in [6.07, 6.45) is 1.89. The molecule has 0 atom stereocenters. The first-order valence-corrected chi connectivity index (χ1v) is 6.04. The number of ether oxygens (including phenoxy) is 1. The van der Waals surface area contributed by atoms with Crippen molar-refractivity contribution in [1.29, 1.82) is 0 Å². The van der Waals surface area contributed by atoms with Gasteiger partial charge in [0.15, 0.2) is 0 Å². The Kier molecular flexibility index (Phi) is 5.66. The summed E-state index contributed by atoms with van der Waals surface area (Å²) in [5.41, 5.74) is 12.5. The maximum atomic E-state index is 11.4. The number of carbonyl (C=O) groups excluding carboxylic acids is 2. The summed E-state index contributed by atoms with van der Waals surface area (Å²) in [5, 5.41) is 3.12. The van der Waals surface area contributed by atoms with Crippen LogP contribution in [-0.2, 0) is 9.53 Å². The average Bonchev–Trinajstić information content (AvgIpc) is 2.39. The second-order valence-corrected chi connectivity index (χ2v) is 4.14. The van der Waals surface area contributed by atoms with Crippen LogP contribution in [0.3, 0.4) is 0 Å². The van der Waals surface area contributed by atoms with E-state index in [9.17, 15) is 9.59 Å². The van der Waals surface area contributed by atoms with Crippen molar-refractivity contribution in [2.45, 2.75) is 19.3 Å². The summed E-state index contributed by atoms with van der Waals surface area (Å²) in [4.78, 5) is 22.0.